The first-order valence-electron chi connectivity index (χ1n) is 6.12. The third-order valence-electron chi connectivity index (χ3n) is 3.10. The zero-order valence-corrected chi connectivity index (χ0v) is 10.3. The Kier molecular flexibility index (Phi) is 7.83. The zero-order valence-electron chi connectivity index (χ0n) is 10.3. The Bertz CT molecular complexity index is 145. The molecule has 0 saturated heterocycles. The molecule has 0 radical (unpaired) electrons. The number of ketones is 1. The van der Waals surface area contributed by atoms with E-state index in [0.717, 1.165) is 12.3 Å². The minimum atomic E-state index is 0.270. The molecule has 0 rings (SSSR count). The molecule has 1 unspecified atom stereocenters. The molecular weight excluding hydrogens is 172 g/mol. The third-order valence-corrected chi connectivity index (χ3v) is 3.10. The van der Waals surface area contributed by atoms with E-state index in [1.807, 2.05) is 0 Å². The molecule has 0 aromatic carbocycles. The summed E-state index contributed by atoms with van der Waals surface area (Å²) in [4.78, 5) is 11.1. The highest BCUT2D eigenvalue weighted by atomic mass is 16.1. The van der Waals surface area contributed by atoms with E-state index in [4.69, 9.17) is 0 Å². The average molecular weight is 198 g/mol. The van der Waals surface area contributed by atoms with E-state index >= 15 is 0 Å². The van der Waals surface area contributed by atoms with Gasteiger partial charge in [-0.05, 0) is 25.7 Å². The highest BCUT2D eigenvalue weighted by Gasteiger charge is 2.12. The Morgan fingerprint density at radius 3 is 1.86 bits per heavy atom. The molecule has 0 fully saturated rings. The molecule has 84 valence electrons. The summed E-state index contributed by atoms with van der Waals surface area (Å²) in [5, 5.41) is 0. The van der Waals surface area contributed by atoms with Crippen LogP contribution in [0, 0.1) is 11.8 Å². The Labute approximate surface area is 89.3 Å². The molecule has 0 bridgehead atoms. The second-order valence-corrected chi connectivity index (χ2v) is 4.53. The first-order valence-corrected chi connectivity index (χ1v) is 6.12. The van der Waals surface area contributed by atoms with Crippen molar-refractivity contribution in [3.63, 3.8) is 0 Å². The van der Waals surface area contributed by atoms with E-state index in [0.29, 0.717) is 5.78 Å². The van der Waals surface area contributed by atoms with Crippen molar-refractivity contribution in [2.75, 3.05) is 0 Å². The van der Waals surface area contributed by atoms with Crippen LogP contribution in [0.3, 0.4) is 0 Å². The van der Waals surface area contributed by atoms with Crippen molar-refractivity contribution in [1.29, 1.82) is 0 Å². The SMILES string of the molecule is CCCC(CCC)CCC(C)C(C)=O. The van der Waals surface area contributed by atoms with Gasteiger partial charge in [0.25, 0.3) is 0 Å². The standard InChI is InChI=1S/C13H26O/c1-5-7-13(8-6-2)10-9-11(3)12(4)14/h11,13H,5-10H2,1-4H3. The Morgan fingerprint density at radius 2 is 1.50 bits per heavy atom. The number of rotatable bonds is 8. The predicted molar refractivity (Wildman–Crippen MR) is 62.4 cm³/mol. The van der Waals surface area contributed by atoms with Gasteiger partial charge >= 0.3 is 0 Å². The van der Waals surface area contributed by atoms with Crippen molar-refractivity contribution in [2.24, 2.45) is 11.8 Å². The summed E-state index contributed by atoms with van der Waals surface area (Å²) < 4.78 is 0. The summed E-state index contributed by atoms with van der Waals surface area (Å²) in [6, 6.07) is 0. The predicted octanol–water partition coefficient (Wildman–Crippen LogP) is 4.21. The molecule has 0 aliphatic rings. The normalized spacial score (nSPS) is 13.2. The number of hydrogen-bond donors (Lipinski definition) is 0. The van der Waals surface area contributed by atoms with Gasteiger partial charge in [0, 0.05) is 5.92 Å². The number of hydrogen-bond acceptors (Lipinski definition) is 1. The van der Waals surface area contributed by atoms with Crippen LogP contribution < -0.4 is 0 Å². The van der Waals surface area contributed by atoms with Crippen molar-refractivity contribution < 1.29 is 4.79 Å². The second-order valence-electron chi connectivity index (χ2n) is 4.53. The molecular formula is C13H26O. The van der Waals surface area contributed by atoms with Crippen LogP contribution >= 0.6 is 0 Å². The van der Waals surface area contributed by atoms with Crippen LogP contribution in [0.2, 0.25) is 0 Å². The second kappa shape index (κ2) is 8.02. The first-order chi connectivity index (χ1) is 6.61. The van der Waals surface area contributed by atoms with E-state index < -0.39 is 0 Å². The number of Topliss-reactive ketones (excluding diaryl/α,β-unsaturated/α-hetero) is 1. The lowest BCUT2D eigenvalue weighted by atomic mass is 9.89. The maximum Gasteiger partial charge on any atom is 0.132 e. The molecule has 0 aromatic rings. The van der Waals surface area contributed by atoms with Gasteiger partial charge in [0.1, 0.15) is 5.78 Å². The summed E-state index contributed by atoms with van der Waals surface area (Å²) in [7, 11) is 0. The summed E-state index contributed by atoms with van der Waals surface area (Å²) >= 11 is 0. The summed E-state index contributed by atoms with van der Waals surface area (Å²) in [5.74, 6) is 1.47. The van der Waals surface area contributed by atoms with Crippen molar-refractivity contribution in [3.05, 3.63) is 0 Å². The van der Waals surface area contributed by atoms with E-state index in [1.165, 1.54) is 32.1 Å². The molecule has 0 amide bonds. The summed E-state index contributed by atoms with van der Waals surface area (Å²) in [5.41, 5.74) is 0. The summed E-state index contributed by atoms with van der Waals surface area (Å²) in [6.45, 7) is 8.25. The fourth-order valence-electron chi connectivity index (χ4n) is 1.94. The van der Waals surface area contributed by atoms with Crippen molar-refractivity contribution in [2.45, 2.75) is 66.2 Å². The van der Waals surface area contributed by atoms with Gasteiger partial charge < -0.3 is 0 Å². The highest BCUT2D eigenvalue weighted by molar-refractivity contribution is 5.77. The van der Waals surface area contributed by atoms with Gasteiger partial charge in [0.2, 0.25) is 0 Å². The van der Waals surface area contributed by atoms with Crippen LogP contribution in [-0.2, 0) is 4.79 Å². The van der Waals surface area contributed by atoms with Gasteiger partial charge in [-0.25, -0.2) is 0 Å². The van der Waals surface area contributed by atoms with Gasteiger partial charge in [-0.15, -0.1) is 0 Å². The lowest BCUT2D eigenvalue weighted by Crippen LogP contribution is -2.09. The molecule has 0 N–H and O–H groups in total. The van der Waals surface area contributed by atoms with Gasteiger partial charge in [-0.1, -0.05) is 46.5 Å². The Hall–Kier alpha value is -0.330. The lowest BCUT2D eigenvalue weighted by Gasteiger charge is -2.16. The van der Waals surface area contributed by atoms with Crippen molar-refractivity contribution in [1.82, 2.24) is 0 Å². The zero-order chi connectivity index (χ0) is 11.0. The van der Waals surface area contributed by atoms with Crippen molar-refractivity contribution >= 4 is 5.78 Å². The fourth-order valence-corrected chi connectivity index (χ4v) is 1.94. The molecule has 0 spiro atoms. The number of carbonyl (C=O) groups excluding carboxylic acids is 1. The van der Waals surface area contributed by atoms with Gasteiger partial charge in [0.15, 0.2) is 0 Å². The topological polar surface area (TPSA) is 17.1 Å². The van der Waals surface area contributed by atoms with E-state index in [2.05, 4.69) is 20.8 Å². The van der Waals surface area contributed by atoms with Gasteiger partial charge in [-0.2, -0.15) is 0 Å². The van der Waals surface area contributed by atoms with Crippen LogP contribution in [0.25, 0.3) is 0 Å². The molecule has 0 saturated carbocycles. The summed E-state index contributed by atoms with van der Waals surface area (Å²) in [6.07, 6.45) is 7.54. The monoisotopic (exact) mass is 198 g/mol. The van der Waals surface area contributed by atoms with Crippen LogP contribution in [0.5, 0.6) is 0 Å². The first kappa shape index (κ1) is 13.7. The van der Waals surface area contributed by atoms with Crippen LogP contribution in [-0.4, -0.2) is 5.78 Å². The molecule has 1 nitrogen and oxygen atoms in total. The molecule has 0 aromatic heterocycles. The fraction of sp³-hybridized carbons (Fsp3) is 0.923. The minimum Gasteiger partial charge on any atom is -0.300 e. The van der Waals surface area contributed by atoms with Crippen LogP contribution in [0.15, 0.2) is 0 Å². The van der Waals surface area contributed by atoms with Gasteiger partial charge in [0.05, 0.1) is 0 Å². The highest BCUT2D eigenvalue weighted by Crippen LogP contribution is 2.22. The largest absolute Gasteiger partial charge is 0.300 e. The molecule has 1 heteroatoms. The Balaban J connectivity index is 3.74. The smallest absolute Gasteiger partial charge is 0.132 e. The Morgan fingerprint density at radius 1 is 1.00 bits per heavy atom. The lowest BCUT2D eigenvalue weighted by molar-refractivity contribution is -0.120. The quantitative estimate of drug-likeness (QED) is 0.571. The third kappa shape index (κ3) is 6.17. The molecule has 0 heterocycles. The minimum absolute atomic E-state index is 0.270. The average Bonchev–Trinajstić information content (AvgIpc) is 2.14. The maximum atomic E-state index is 11.1. The van der Waals surface area contributed by atoms with E-state index in [1.54, 1.807) is 6.92 Å². The molecule has 0 aliphatic carbocycles. The van der Waals surface area contributed by atoms with E-state index in [-0.39, 0.29) is 5.92 Å². The molecule has 1 atom stereocenters. The maximum absolute atomic E-state index is 11.1. The van der Waals surface area contributed by atoms with Gasteiger partial charge in [-0.3, -0.25) is 4.79 Å². The van der Waals surface area contributed by atoms with Crippen LogP contribution in [0.4, 0.5) is 0 Å². The van der Waals surface area contributed by atoms with Crippen molar-refractivity contribution in [3.8, 4) is 0 Å². The number of carbonyl (C=O) groups is 1. The molecule has 0 aliphatic heterocycles. The van der Waals surface area contributed by atoms with E-state index in [9.17, 15) is 4.79 Å². The molecule has 14 heavy (non-hydrogen) atoms. The van der Waals surface area contributed by atoms with Crippen LogP contribution in [0.1, 0.15) is 66.2 Å².